The van der Waals surface area contributed by atoms with E-state index in [1.54, 1.807) is 13.0 Å². The van der Waals surface area contributed by atoms with Gasteiger partial charge < -0.3 is 14.4 Å². The van der Waals surface area contributed by atoms with Crippen molar-refractivity contribution < 1.29 is 19.1 Å². The topological polar surface area (TPSA) is 79.6 Å². The van der Waals surface area contributed by atoms with Crippen LogP contribution in [-0.2, 0) is 25.7 Å². The fourth-order valence-corrected chi connectivity index (χ4v) is 2.47. The monoisotopic (exact) mass is 360 g/mol. The van der Waals surface area contributed by atoms with E-state index in [0.29, 0.717) is 13.0 Å². The Morgan fingerprint density at radius 3 is 2.35 bits per heavy atom. The Labute approximate surface area is 155 Å². The van der Waals surface area contributed by atoms with Crippen LogP contribution in [0.15, 0.2) is 30.3 Å². The Bertz CT molecular complexity index is 631. The summed E-state index contributed by atoms with van der Waals surface area (Å²) in [5.41, 5.74) is 0.902. The fourth-order valence-electron chi connectivity index (χ4n) is 2.47. The van der Waals surface area contributed by atoms with Crippen molar-refractivity contribution in [1.29, 1.82) is 5.26 Å². The molecule has 0 saturated carbocycles. The molecule has 0 spiro atoms. The summed E-state index contributed by atoms with van der Waals surface area (Å²) in [7, 11) is 1.26. The van der Waals surface area contributed by atoms with Crippen LogP contribution in [0.3, 0.4) is 0 Å². The molecule has 0 aliphatic rings. The van der Waals surface area contributed by atoms with E-state index >= 15 is 0 Å². The summed E-state index contributed by atoms with van der Waals surface area (Å²) in [6, 6.07) is 10.2. The first kappa shape index (κ1) is 21.7. The third-order valence-corrected chi connectivity index (χ3v) is 4.04. The molecular formula is C20H28N2O4. The molecule has 6 heteroatoms. The average Bonchev–Trinajstić information content (AvgIpc) is 2.62. The van der Waals surface area contributed by atoms with Crippen LogP contribution < -0.4 is 0 Å². The number of methoxy groups -OCH3 is 1. The third kappa shape index (κ3) is 6.85. The van der Waals surface area contributed by atoms with E-state index in [2.05, 4.69) is 0 Å². The lowest BCUT2D eigenvalue weighted by Gasteiger charge is -2.33. The molecule has 0 heterocycles. The van der Waals surface area contributed by atoms with E-state index in [1.165, 1.54) is 12.0 Å². The van der Waals surface area contributed by atoms with Gasteiger partial charge in [-0.1, -0.05) is 51.1 Å². The SMILES string of the molecule is COC(=O)[C@H](C(C)OCc1ccccc1)N(CCC(C)(C)C)C(=O)C#N. The summed E-state index contributed by atoms with van der Waals surface area (Å²) in [4.78, 5) is 25.8. The van der Waals surface area contributed by atoms with E-state index < -0.39 is 24.0 Å². The predicted octanol–water partition coefficient (Wildman–Crippen LogP) is 2.92. The van der Waals surface area contributed by atoms with Gasteiger partial charge in [0.25, 0.3) is 0 Å². The number of hydrogen-bond acceptors (Lipinski definition) is 5. The maximum atomic E-state index is 12.3. The molecule has 0 radical (unpaired) electrons. The van der Waals surface area contributed by atoms with Gasteiger partial charge in [-0.15, -0.1) is 0 Å². The maximum Gasteiger partial charge on any atom is 0.331 e. The number of carbonyl (C=O) groups is 2. The first-order chi connectivity index (χ1) is 12.2. The van der Waals surface area contributed by atoms with Crippen LogP contribution in [-0.4, -0.2) is 42.6 Å². The molecule has 2 atom stereocenters. The van der Waals surface area contributed by atoms with Gasteiger partial charge in [0.15, 0.2) is 12.1 Å². The van der Waals surface area contributed by atoms with Gasteiger partial charge in [-0.05, 0) is 24.3 Å². The van der Waals surface area contributed by atoms with Gasteiger partial charge in [0.05, 0.1) is 19.8 Å². The Balaban J connectivity index is 2.96. The minimum absolute atomic E-state index is 0.0528. The van der Waals surface area contributed by atoms with Crippen LogP contribution in [0.5, 0.6) is 0 Å². The van der Waals surface area contributed by atoms with Crippen molar-refractivity contribution in [3.8, 4) is 6.07 Å². The molecular weight excluding hydrogens is 332 g/mol. The van der Waals surface area contributed by atoms with Gasteiger partial charge in [-0.25, -0.2) is 4.79 Å². The van der Waals surface area contributed by atoms with Gasteiger partial charge in [0.1, 0.15) is 0 Å². The molecule has 0 bridgehead atoms. The van der Waals surface area contributed by atoms with Crippen molar-refractivity contribution in [2.45, 2.75) is 52.9 Å². The van der Waals surface area contributed by atoms with Crippen LogP contribution in [0, 0.1) is 16.7 Å². The Morgan fingerprint density at radius 1 is 1.23 bits per heavy atom. The summed E-state index contributed by atoms with van der Waals surface area (Å²) in [6.07, 6.45) is 0.0131. The van der Waals surface area contributed by atoms with Crippen molar-refractivity contribution in [3.05, 3.63) is 35.9 Å². The lowest BCUT2D eigenvalue weighted by atomic mass is 9.91. The molecule has 0 aliphatic carbocycles. The van der Waals surface area contributed by atoms with Crippen molar-refractivity contribution in [3.63, 3.8) is 0 Å². The summed E-state index contributed by atoms with van der Waals surface area (Å²) >= 11 is 0. The maximum absolute atomic E-state index is 12.3. The number of esters is 1. The molecule has 0 aromatic heterocycles. The smallest absolute Gasteiger partial charge is 0.331 e. The zero-order valence-corrected chi connectivity index (χ0v) is 16.2. The second-order valence-corrected chi connectivity index (χ2v) is 7.39. The highest BCUT2D eigenvalue weighted by Gasteiger charge is 2.36. The first-order valence-electron chi connectivity index (χ1n) is 8.63. The number of rotatable bonds is 8. The van der Waals surface area contributed by atoms with Gasteiger partial charge in [0.2, 0.25) is 0 Å². The van der Waals surface area contributed by atoms with Crippen molar-refractivity contribution in [1.82, 2.24) is 4.90 Å². The highest BCUT2D eigenvalue weighted by atomic mass is 16.5. The highest BCUT2D eigenvalue weighted by Crippen LogP contribution is 2.21. The third-order valence-electron chi connectivity index (χ3n) is 4.04. The number of ether oxygens (including phenoxy) is 2. The molecule has 1 rings (SSSR count). The standard InChI is InChI=1S/C20H28N2O4/c1-15(26-14-16-9-7-6-8-10-16)18(19(24)25-5)22(17(23)13-21)12-11-20(2,3)4/h6-10,15,18H,11-12,14H2,1-5H3/t15?,18-/m0/s1. The molecule has 0 aliphatic heterocycles. The number of hydrogen-bond donors (Lipinski definition) is 0. The van der Waals surface area contributed by atoms with Gasteiger partial charge in [-0.2, -0.15) is 5.26 Å². The van der Waals surface area contributed by atoms with Gasteiger partial charge >= 0.3 is 11.9 Å². The van der Waals surface area contributed by atoms with Crippen LogP contribution in [0.1, 0.15) is 39.7 Å². The average molecular weight is 360 g/mol. The predicted molar refractivity (Wildman–Crippen MR) is 97.9 cm³/mol. The Kier molecular flexibility index (Phi) is 8.27. The highest BCUT2D eigenvalue weighted by molar-refractivity contribution is 5.94. The van der Waals surface area contributed by atoms with E-state index in [-0.39, 0.29) is 12.0 Å². The van der Waals surface area contributed by atoms with Crippen molar-refractivity contribution >= 4 is 11.9 Å². The number of benzene rings is 1. The molecule has 26 heavy (non-hydrogen) atoms. The lowest BCUT2D eigenvalue weighted by molar-refractivity contribution is -0.158. The fraction of sp³-hybridized carbons (Fsp3) is 0.550. The minimum atomic E-state index is -0.974. The zero-order valence-electron chi connectivity index (χ0n) is 16.2. The van der Waals surface area contributed by atoms with E-state index in [0.717, 1.165) is 5.56 Å². The molecule has 0 saturated heterocycles. The molecule has 0 N–H and O–H groups in total. The normalized spacial score (nSPS) is 13.4. The number of nitrogens with zero attached hydrogens (tertiary/aromatic N) is 2. The molecule has 1 aromatic rings. The lowest BCUT2D eigenvalue weighted by Crippen LogP contribution is -2.52. The molecule has 6 nitrogen and oxygen atoms in total. The Morgan fingerprint density at radius 2 is 1.85 bits per heavy atom. The summed E-state index contributed by atoms with van der Waals surface area (Å²) in [5.74, 6) is -1.36. The number of amides is 1. The zero-order chi connectivity index (χ0) is 19.7. The van der Waals surface area contributed by atoms with Crippen LogP contribution in [0.4, 0.5) is 0 Å². The summed E-state index contributed by atoms with van der Waals surface area (Å²) in [5, 5.41) is 9.09. The molecule has 1 aromatic carbocycles. The molecule has 1 amide bonds. The van der Waals surface area contributed by atoms with Crippen molar-refractivity contribution in [2.75, 3.05) is 13.7 Å². The first-order valence-corrected chi connectivity index (χ1v) is 8.63. The molecule has 142 valence electrons. The van der Waals surface area contributed by atoms with Crippen molar-refractivity contribution in [2.24, 2.45) is 5.41 Å². The quantitative estimate of drug-likeness (QED) is 0.526. The van der Waals surface area contributed by atoms with Crippen LogP contribution in [0.2, 0.25) is 0 Å². The molecule has 1 unspecified atom stereocenters. The largest absolute Gasteiger partial charge is 0.467 e. The number of carbonyl (C=O) groups excluding carboxylic acids is 2. The second-order valence-electron chi connectivity index (χ2n) is 7.39. The molecule has 0 fully saturated rings. The van der Waals surface area contributed by atoms with Crippen LogP contribution in [0.25, 0.3) is 0 Å². The summed E-state index contributed by atoms with van der Waals surface area (Å²) < 4.78 is 10.7. The van der Waals surface area contributed by atoms with E-state index in [9.17, 15) is 9.59 Å². The van der Waals surface area contributed by atoms with E-state index in [1.807, 2.05) is 51.1 Å². The van der Waals surface area contributed by atoms with Gasteiger partial charge in [-0.3, -0.25) is 4.79 Å². The summed E-state index contributed by atoms with van der Waals surface area (Å²) in [6.45, 7) is 8.37. The minimum Gasteiger partial charge on any atom is -0.467 e. The van der Waals surface area contributed by atoms with E-state index in [4.69, 9.17) is 14.7 Å². The Hall–Kier alpha value is -2.39. The number of nitriles is 1. The second kappa shape index (κ2) is 9.93. The van der Waals surface area contributed by atoms with Gasteiger partial charge in [0, 0.05) is 6.54 Å². The van der Waals surface area contributed by atoms with Crippen LogP contribution >= 0.6 is 0 Å².